The number of piperidine rings is 2. The average molecular weight is 255 g/mol. The van der Waals surface area contributed by atoms with Gasteiger partial charge in [-0.3, -0.25) is 4.79 Å². The topological polar surface area (TPSA) is 29.1 Å². The first-order valence-electron chi connectivity index (χ1n) is 7.71. The van der Waals surface area contributed by atoms with Crippen molar-refractivity contribution in [1.29, 1.82) is 0 Å². The monoisotopic (exact) mass is 255 g/mol. The summed E-state index contributed by atoms with van der Waals surface area (Å²) in [7, 11) is 0. The van der Waals surface area contributed by atoms with Gasteiger partial charge in [-0.2, -0.15) is 0 Å². The summed E-state index contributed by atoms with van der Waals surface area (Å²) in [6.45, 7) is 0. The Balaban J connectivity index is 1.54. The fourth-order valence-electron chi connectivity index (χ4n) is 4.06. The van der Waals surface area contributed by atoms with Gasteiger partial charge in [0.05, 0.1) is 0 Å². The third-order valence-corrected chi connectivity index (χ3v) is 5.24. The summed E-state index contributed by atoms with van der Waals surface area (Å²) < 4.78 is 0. The van der Waals surface area contributed by atoms with Crippen molar-refractivity contribution in [3.05, 3.63) is 34.9 Å². The number of Topliss-reactive ketones (excluding diaryl/α,β-unsaturated/α-hetero) is 1. The molecule has 0 radical (unpaired) electrons. The summed E-state index contributed by atoms with van der Waals surface area (Å²) in [5, 5.41) is 3.67. The molecule has 2 heterocycles. The molecule has 1 aromatic rings. The second-order valence-corrected chi connectivity index (χ2v) is 6.51. The number of ketones is 1. The van der Waals surface area contributed by atoms with E-state index in [1.807, 2.05) is 0 Å². The molecule has 1 N–H and O–H groups in total. The van der Waals surface area contributed by atoms with Crippen molar-refractivity contribution in [1.82, 2.24) is 5.32 Å². The molecule has 0 spiro atoms. The lowest BCUT2D eigenvalue weighted by atomic mass is 9.76. The maximum Gasteiger partial charge on any atom is 0.166 e. The Morgan fingerprint density at radius 3 is 2.42 bits per heavy atom. The van der Waals surface area contributed by atoms with E-state index in [0.29, 0.717) is 17.9 Å². The average Bonchev–Trinajstić information content (AvgIpc) is 2.39. The van der Waals surface area contributed by atoms with Gasteiger partial charge in [0.25, 0.3) is 0 Å². The van der Waals surface area contributed by atoms with E-state index in [9.17, 15) is 4.79 Å². The molecule has 3 aliphatic rings. The molecule has 19 heavy (non-hydrogen) atoms. The SMILES string of the molecule is O=C(c1ccc2c(c1)CC2)C1CC2CCCC(C1)N2. The summed E-state index contributed by atoms with van der Waals surface area (Å²) in [4.78, 5) is 12.7. The van der Waals surface area contributed by atoms with E-state index in [0.717, 1.165) is 24.8 Å². The van der Waals surface area contributed by atoms with Crippen LogP contribution in [0.1, 0.15) is 53.6 Å². The van der Waals surface area contributed by atoms with Gasteiger partial charge in [0.2, 0.25) is 0 Å². The Kier molecular flexibility index (Phi) is 2.73. The third-order valence-electron chi connectivity index (χ3n) is 5.24. The van der Waals surface area contributed by atoms with Crippen LogP contribution in [0.3, 0.4) is 0 Å². The zero-order valence-corrected chi connectivity index (χ0v) is 11.3. The van der Waals surface area contributed by atoms with Gasteiger partial charge in [-0.1, -0.05) is 18.6 Å². The second-order valence-electron chi connectivity index (χ2n) is 6.51. The van der Waals surface area contributed by atoms with E-state index < -0.39 is 0 Å². The molecule has 0 saturated carbocycles. The fourth-order valence-corrected chi connectivity index (χ4v) is 4.06. The summed E-state index contributed by atoms with van der Waals surface area (Å²) in [5.41, 5.74) is 3.81. The number of rotatable bonds is 2. The van der Waals surface area contributed by atoms with Crippen LogP contribution >= 0.6 is 0 Å². The molecule has 1 aliphatic carbocycles. The lowest BCUT2D eigenvalue weighted by molar-refractivity contribution is 0.0825. The van der Waals surface area contributed by atoms with E-state index in [4.69, 9.17) is 0 Å². The zero-order chi connectivity index (χ0) is 12.8. The number of carbonyl (C=O) groups is 1. The number of nitrogens with one attached hydrogen (secondary N) is 1. The molecule has 4 rings (SSSR count). The molecule has 2 unspecified atom stereocenters. The summed E-state index contributed by atoms with van der Waals surface area (Å²) in [6.07, 6.45) is 8.30. The Morgan fingerprint density at radius 2 is 1.79 bits per heavy atom. The lowest BCUT2D eigenvalue weighted by Crippen LogP contribution is -2.50. The van der Waals surface area contributed by atoms with E-state index in [2.05, 4.69) is 23.5 Å². The number of fused-ring (bicyclic) bond motifs is 3. The van der Waals surface area contributed by atoms with Crippen molar-refractivity contribution in [2.24, 2.45) is 5.92 Å². The van der Waals surface area contributed by atoms with E-state index >= 15 is 0 Å². The van der Waals surface area contributed by atoms with Crippen molar-refractivity contribution in [2.75, 3.05) is 0 Å². The van der Waals surface area contributed by atoms with Crippen LogP contribution in [0.2, 0.25) is 0 Å². The Labute approximate surface area is 114 Å². The minimum absolute atomic E-state index is 0.259. The van der Waals surface area contributed by atoms with Crippen LogP contribution in [0.25, 0.3) is 0 Å². The van der Waals surface area contributed by atoms with Crippen LogP contribution < -0.4 is 5.32 Å². The Bertz CT molecular complexity index is 510. The van der Waals surface area contributed by atoms with Gasteiger partial charge in [-0.15, -0.1) is 0 Å². The van der Waals surface area contributed by atoms with E-state index in [-0.39, 0.29) is 5.92 Å². The first-order chi connectivity index (χ1) is 9.29. The van der Waals surface area contributed by atoms with Crippen LogP contribution in [-0.2, 0) is 12.8 Å². The minimum Gasteiger partial charge on any atom is -0.311 e. The predicted octanol–water partition coefficient (Wildman–Crippen LogP) is 2.89. The highest BCUT2D eigenvalue weighted by atomic mass is 16.1. The van der Waals surface area contributed by atoms with Gasteiger partial charge < -0.3 is 5.32 Å². The largest absolute Gasteiger partial charge is 0.311 e. The Morgan fingerprint density at radius 1 is 1.05 bits per heavy atom. The van der Waals surface area contributed by atoms with Crippen molar-refractivity contribution >= 4 is 5.78 Å². The highest BCUT2D eigenvalue weighted by Gasteiger charge is 2.35. The van der Waals surface area contributed by atoms with Gasteiger partial charge in [-0.05, 0) is 55.7 Å². The molecule has 0 aromatic heterocycles. The van der Waals surface area contributed by atoms with Gasteiger partial charge in [0.15, 0.2) is 5.78 Å². The van der Waals surface area contributed by atoms with Crippen molar-refractivity contribution < 1.29 is 4.79 Å². The fraction of sp³-hybridized carbons (Fsp3) is 0.588. The summed E-state index contributed by atoms with van der Waals surface area (Å²) in [6, 6.07) is 7.55. The number of benzene rings is 1. The number of hydrogen-bond donors (Lipinski definition) is 1. The van der Waals surface area contributed by atoms with Gasteiger partial charge >= 0.3 is 0 Å². The molecule has 0 amide bonds. The second kappa shape index (κ2) is 4.45. The standard InChI is InChI=1S/C17H21NO/c19-17(13-7-5-11-4-6-12(11)8-13)14-9-15-2-1-3-16(10-14)18-15/h5,7-8,14-16,18H,1-4,6,9-10H2. The van der Waals surface area contributed by atoms with Crippen LogP contribution in [0.15, 0.2) is 18.2 Å². The minimum atomic E-state index is 0.259. The molecule has 1 aromatic carbocycles. The summed E-state index contributed by atoms with van der Waals surface area (Å²) in [5.74, 6) is 0.655. The van der Waals surface area contributed by atoms with Crippen LogP contribution in [0.5, 0.6) is 0 Å². The molecule has 2 heteroatoms. The smallest absolute Gasteiger partial charge is 0.166 e. The molecule has 2 fully saturated rings. The molecule has 2 atom stereocenters. The molecule has 2 bridgehead atoms. The van der Waals surface area contributed by atoms with Crippen molar-refractivity contribution in [2.45, 2.75) is 57.0 Å². The summed E-state index contributed by atoms with van der Waals surface area (Å²) >= 11 is 0. The van der Waals surface area contributed by atoms with Gasteiger partial charge in [0.1, 0.15) is 0 Å². The van der Waals surface area contributed by atoms with Gasteiger partial charge in [0, 0.05) is 23.6 Å². The zero-order valence-electron chi connectivity index (χ0n) is 11.3. The number of aryl methyl sites for hydroxylation is 2. The molecular weight excluding hydrogens is 234 g/mol. The first kappa shape index (κ1) is 11.7. The molecular formula is C17H21NO. The van der Waals surface area contributed by atoms with Gasteiger partial charge in [-0.25, -0.2) is 0 Å². The van der Waals surface area contributed by atoms with Crippen molar-refractivity contribution in [3.63, 3.8) is 0 Å². The molecule has 2 aliphatic heterocycles. The highest BCUT2D eigenvalue weighted by molar-refractivity contribution is 5.98. The van der Waals surface area contributed by atoms with Crippen LogP contribution in [0, 0.1) is 5.92 Å². The maximum absolute atomic E-state index is 12.7. The van der Waals surface area contributed by atoms with Crippen LogP contribution in [-0.4, -0.2) is 17.9 Å². The lowest BCUT2D eigenvalue weighted by Gasteiger charge is -2.39. The molecule has 100 valence electrons. The molecule has 2 nitrogen and oxygen atoms in total. The Hall–Kier alpha value is -1.15. The third kappa shape index (κ3) is 2.02. The maximum atomic E-state index is 12.7. The normalized spacial score (nSPS) is 32.3. The molecule has 2 saturated heterocycles. The highest BCUT2D eigenvalue weighted by Crippen LogP contribution is 2.32. The van der Waals surface area contributed by atoms with E-state index in [1.54, 1.807) is 0 Å². The van der Waals surface area contributed by atoms with Crippen LogP contribution in [0.4, 0.5) is 0 Å². The number of carbonyl (C=O) groups excluding carboxylic acids is 1. The van der Waals surface area contributed by atoms with E-state index in [1.165, 1.54) is 36.8 Å². The van der Waals surface area contributed by atoms with Crippen molar-refractivity contribution in [3.8, 4) is 0 Å². The first-order valence-corrected chi connectivity index (χ1v) is 7.71. The quantitative estimate of drug-likeness (QED) is 0.823. The predicted molar refractivity (Wildman–Crippen MR) is 75.5 cm³/mol. The number of hydrogen-bond acceptors (Lipinski definition) is 2.